The second-order valence-electron chi connectivity index (χ2n) is 3.78. The van der Waals surface area contributed by atoms with E-state index in [1.54, 1.807) is 6.20 Å². The Morgan fingerprint density at radius 1 is 1.69 bits per heavy atom. The molecule has 88 valence electrons. The number of nitrogens with one attached hydrogen (secondary N) is 1. The average Bonchev–Trinajstić information content (AvgIpc) is 2.28. The molecule has 3 atom stereocenters. The second-order valence-corrected chi connectivity index (χ2v) is 4.94. The zero-order valence-electron chi connectivity index (χ0n) is 9.06. The maximum absolute atomic E-state index is 5.95. The van der Waals surface area contributed by atoms with E-state index >= 15 is 0 Å². The molecule has 1 aliphatic rings. The summed E-state index contributed by atoms with van der Waals surface area (Å²) in [6, 6.07) is 0.297. The minimum Gasteiger partial charge on any atom is -0.376 e. The molecule has 2 rings (SSSR count). The molecule has 5 nitrogen and oxygen atoms in total. The van der Waals surface area contributed by atoms with Gasteiger partial charge in [0.15, 0.2) is 0 Å². The first-order valence-electron chi connectivity index (χ1n) is 5.31. The first kappa shape index (κ1) is 12.0. The molecule has 16 heavy (non-hydrogen) atoms. The molecular weight excluding hydrogens is 319 g/mol. The molecule has 0 amide bonds. The van der Waals surface area contributed by atoms with Crippen LogP contribution in [0, 0.1) is 3.57 Å². The van der Waals surface area contributed by atoms with E-state index in [2.05, 4.69) is 37.9 Å². The molecule has 1 aromatic rings. The maximum Gasteiger partial charge on any atom is 0.143 e. The number of hydrogen-bond donors (Lipinski definition) is 2. The van der Waals surface area contributed by atoms with Crippen LogP contribution in [0.1, 0.15) is 13.3 Å². The summed E-state index contributed by atoms with van der Waals surface area (Å²) in [4.78, 5) is 8.14. The lowest BCUT2D eigenvalue weighted by atomic mass is 9.83. The van der Waals surface area contributed by atoms with Gasteiger partial charge in [0.2, 0.25) is 0 Å². The van der Waals surface area contributed by atoms with Crippen LogP contribution in [0.4, 0.5) is 5.82 Å². The normalized spacial score (nSPS) is 28.6. The largest absolute Gasteiger partial charge is 0.376 e. The van der Waals surface area contributed by atoms with Gasteiger partial charge in [-0.1, -0.05) is 0 Å². The van der Waals surface area contributed by atoms with Crippen molar-refractivity contribution in [2.45, 2.75) is 31.5 Å². The fourth-order valence-electron chi connectivity index (χ4n) is 1.80. The molecule has 0 radical (unpaired) electrons. The molecule has 1 saturated carbocycles. The van der Waals surface area contributed by atoms with Crippen molar-refractivity contribution in [2.75, 3.05) is 11.9 Å². The highest BCUT2D eigenvalue weighted by Crippen LogP contribution is 2.26. The van der Waals surface area contributed by atoms with Crippen molar-refractivity contribution in [3.63, 3.8) is 0 Å². The van der Waals surface area contributed by atoms with Crippen molar-refractivity contribution >= 4 is 28.4 Å². The van der Waals surface area contributed by atoms with Crippen molar-refractivity contribution < 1.29 is 4.74 Å². The van der Waals surface area contributed by atoms with Crippen molar-refractivity contribution in [3.8, 4) is 0 Å². The molecule has 6 heteroatoms. The number of nitrogens with zero attached hydrogens (tertiary/aromatic N) is 2. The molecule has 1 fully saturated rings. The Bertz CT molecular complexity index is 360. The van der Waals surface area contributed by atoms with Gasteiger partial charge in [-0.2, -0.15) is 0 Å². The van der Waals surface area contributed by atoms with Crippen LogP contribution in [0.3, 0.4) is 0 Å². The van der Waals surface area contributed by atoms with Crippen LogP contribution in [0.5, 0.6) is 0 Å². The fourth-order valence-corrected chi connectivity index (χ4v) is 2.26. The summed E-state index contributed by atoms with van der Waals surface area (Å²) in [5, 5.41) is 3.32. The Labute approximate surface area is 108 Å². The van der Waals surface area contributed by atoms with Crippen LogP contribution in [-0.2, 0) is 4.74 Å². The highest BCUT2D eigenvalue weighted by molar-refractivity contribution is 14.1. The number of ether oxygens (including phenoxy) is 1. The summed E-state index contributed by atoms with van der Waals surface area (Å²) >= 11 is 2.20. The van der Waals surface area contributed by atoms with Crippen molar-refractivity contribution in [1.29, 1.82) is 0 Å². The number of nitrogens with two attached hydrogens (primary N) is 1. The van der Waals surface area contributed by atoms with Crippen molar-refractivity contribution in [3.05, 3.63) is 16.1 Å². The van der Waals surface area contributed by atoms with Crippen LogP contribution < -0.4 is 11.1 Å². The Kier molecular flexibility index (Phi) is 3.93. The molecule has 0 aliphatic heterocycles. The van der Waals surface area contributed by atoms with Gasteiger partial charge in [-0.15, -0.1) is 0 Å². The van der Waals surface area contributed by atoms with E-state index in [0.29, 0.717) is 0 Å². The molecule has 1 aliphatic carbocycles. The number of rotatable bonds is 4. The first-order valence-corrected chi connectivity index (χ1v) is 6.39. The molecule has 0 spiro atoms. The van der Waals surface area contributed by atoms with Crippen molar-refractivity contribution in [1.82, 2.24) is 9.97 Å². The standard InChI is InChI=1S/C10H15IN4O/c1-2-16-8-3-7(12)9(8)15-10-6(11)4-13-5-14-10/h4-5,7-9H,2-3,12H2,1H3,(H,13,14,15). The molecule has 1 aromatic heterocycles. The summed E-state index contributed by atoms with van der Waals surface area (Å²) in [7, 11) is 0. The highest BCUT2D eigenvalue weighted by atomic mass is 127. The number of aromatic nitrogens is 2. The van der Waals surface area contributed by atoms with E-state index in [9.17, 15) is 0 Å². The summed E-state index contributed by atoms with van der Waals surface area (Å²) in [5.41, 5.74) is 5.95. The van der Waals surface area contributed by atoms with Gasteiger partial charge in [0, 0.05) is 18.8 Å². The fraction of sp³-hybridized carbons (Fsp3) is 0.600. The summed E-state index contributed by atoms with van der Waals surface area (Å²) in [6.45, 7) is 2.71. The van der Waals surface area contributed by atoms with E-state index in [-0.39, 0.29) is 18.2 Å². The zero-order chi connectivity index (χ0) is 11.5. The Balaban J connectivity index is 2.01. The predicted molar refractivity (Wildman–Crippen MR) is 70.2 cm³/mol. The summed E-state index contributed by atoms with van der Waals surface area (Å²) in [6.07, 6.45) is 4.42. The third-order valence-electron chi connectivity index (χ3n) is 2.72. The van der Waals surface area contributed by atoms with Crippen molar-refractivity contribution in [2.24, 2.45) is 5.73 Å². The number of anilines is 1. The lowest BCUT2D eigenvalue weighted by molar-refractivity contribution is -0.0127. The maximum atomic E-state index is 5.95. The Morgan fingerprint density at radius 2 is 2.50 bits per heavy atom. The van der Waals surface area contributed by atoms with Gasteiger partial charge in [0.25, 0.3) is 0 Å². The molecule has 0 bridgehead atoms. The van der Waals surface area contributed by atoms with Gasteiger partial charge < -0.3 is 15.8 Å². The van der Waals surface area contributed by atoms with Crippen LogP contribution in [0.2, 0.25) is 0 Å². The van der Waals surface area contributed by atoms with Gasteiger partial charge >= 0.3 is 0 Å². The molecule has 0 aromatic carbocycles. The molecular formula is C10H15IN4O. The van der Waals surface area contributed by atoms with Gasteiger partial charge in [-0.25, -0.2) is 9.97 Å². The minimum absolute atomic E-state index is 0.141. The van der Waals surface area contributed by atoms with E-state index in [4.69, 9.17) is 10.5 Å². The van der Waals surface area contributed by atoms with Crippen LogP contribution in [-0.4, -0.2) is 34.8 Å². The summed E-state index contributed by atoms with van der Waals surface area (Å²) in [5.74, 6) is 0.834. The average molecular weight is 334 g/mol. The smallest absolute Gasteiger partial charge is 0.143 e. The van der Waals surface area contributed by atoms with E-state index < -0.39 is 0 Å². The first-order chi connectivity index (χ1) is 7.72. The lowest BCUT2D eigenvalue weighted by Gasteiger charge is -2.42. The van der Waals surface area contributed by atoms with Crippen LogP contribution in [0.25, 0.3) is 0 Å². The van der Waals surface area contributed by atoms with Crippen LogP contribution in [0.15, 0.2) is 12.5 Å². The van der Waals surface area contributed by atoms with E-state index in [0.717, 1.165) is 22.4 Å². The zero-order valence-corrected chi connectivity index (χ0v) is 11.2. The van der Waals surface area contributed by atoms with E-state index in [1.165, 1.54) is 6.33 Å². The SMILES string of the molecule is CCOC1CC(N)C1Nc1ncncc1I. The van der Waals surface area contributed by atoms with Gasteiger partial charge in [0.05, 0.1) is 15.7 Å². The molecule has 3 N–H and O–H groups in total. The van der Waals surface area contributed by atoms with Gasteiger partial charge in [-0.3, -0.25) is 0 Å². The molecule has 1 heterocycles. The number of halogens is 1. The Hall–Kier alpha value is -0.470. The monoisotopic (exact) mass is 334 g/mol. The van der Waals surface area contributed by atoms with Crippen LogP contribution >= 0.6 is 22.6 Å². The quantitative estimate of drug-likeness (QED) is 0.804. The van der Waals surface area contributed by atoms with Gasteiger partial charge in [-0.05, 0) is 35.9 Å². The third-order valence-corrected chi connectivity index (χ3v) is 3.51. The minimum atomic E-state index is 0.141. The Morgan fingerprint density at radius 3 is 3.12 bits per heavy atom. The topological polar surface area (TPSA) is 73.1 Å². The third kappa shape index (κ3) is 2.44. The predicted octanol–water partition coefficient (Wildman–Crippen LogP) is 0.998. The second kappa shape index (κ2) is 5.24. The molecule has 0 saturated heterocycles. The van der Waals surface area contributed by atoms with E-state index in [1.807, 2.05) is 6.92 Å². The lowest BCUT2D eigenvalue weighted by Crippen LogP contribution is -2.60. The summed E-state index contributed by atoms with van der Waals surface area (Å²) < 4.78 is 6.58. The molecule has 3 unspecified atom stereocenters. The number of hydrogen-bond acceptors (Lipinski definition) is 5. The van der Waals surface area contributed by atoms with Gasteiger partial charge in [0.1, 0.15) is 12.1 Å². The highest BCUT2D eigenvalue weighted by Gasteiger charge is 2.39.